The molecule has 1 unspecified atom stereocenters. The summed E-state index contributed by atoms with van der Waals surface area (Å²) in [4.78, 5) is 39.7. The van der Waals surface area contributed by atoms with E-state index in [-0.39, 0.29) is 31.2 Å². The highest BCUT2D eigenvalue weighted by molar-refractivity contribution is 6.30. The number of carbonyl (C=O) groups is 3. The first-order valence-corrected chi connectivity index (χ1v) is 11.4. The van der Waals surface area contributed by atoms with Crippen molar-refractivity contribution in [3.63, 3.8) is 0 Å². The zero-order chi connectivity index (χ0) is 24.9. The summed E-state index contributed by atoms with van der Waals surface area (Å²) in [5.41, 5.74) is 2.51. The Balaban J connectivity index is 1.66. The van der Waals surface area contributed by atoms with Crippen LogP contribution in [0.15, 0.2) is 82.4 Å². The van der Waals surface area contributed by atoms with Crippen molar-refractivity contribution in [2.75, 3.05) is 7.11 Å². The number of hydrogen-bond acceptors (Lipinski definition) is 6. The molecule has 1 aliphatic heterocycles. The maximum absolute atomic E-state index is 13.3. The van der Waals surface area contributed by atoms with Gasteiger partial charge in [-0.1, -0.05) is 54.1 Å². The van der Waals surface area contributed by atoms with E-state index in [1.165, 1.54) is 18.1 Å². The SMILES string of the molecule is COC(=O)c1ccc(CN2C(=O)CC(c3ccc(Cl)cc3)C(C(=O)OCc3ccccc3)=C2C)o1. The number of benzene rings is 2. The van der Waals surface area contributed by atoms with Gasteiger partial charge in [0.1, 0.15) is 12.4 Å². The smallest absolute Gasteiger partial charge is 0.373 e. The summed E-state index contributed by atoms with van der Waals surface area (Å²) < 4.78 is 15.9. The van der Waals surface area contributed by atoms with Gasteiger partial charge in [0.25, 0.3) is 0 Å². The Bertz CT molecular complexity index is 1260. The van der Waals surface area contributed by atoms with Crippen molar-refractivity contribution < 1.29 is 28.3 Å². The third kappa shape index (κ3) is 5.46. The van der Waals surface area contributed by atoms with Gasteiger partial charge in [-0.2, -0.15) is 0 Å². The van der Waals surface area contributed by atoms with Crippen molar-refractivity contribution in [3.05, 3.63) is 106 Å². The Hall–Kier alpha value is -3.84. The third-order valence-electron chi connectivity index (χ3n) is 5.89. The normalized spacial score (nSPS) is 15.8. The number of methoxy groups -OCH3 is 1. The lowest BCUT2D eigenvalue weighted by molar-refractivity contribution is -0.141. The molecule has 1 amide bonds. The van der Waals surface area contributed by atoms with Gasteiger partial charge in [-0.05, 0) is 42.3 Å². The van der Waals surface area contributed by atoms with E-state index in [0.29, 0.717) is 22.1 Å². The lowest BCUT2D eigenvalue weighted by Gasteiger charge is -2.34. The highest BCUT2D eigenvalue weighted by Gasteiger charge is 2.37. The standard InChI is InChI=1S/C27H24ClNO6/c1-17-25(27(32)34-16-18-6-4-3-5-7-18)22(19-8-10-20(28)11-9-19)14-24(30)29(17)15-21-12-13-23(35-21)26(31)33-2/h3-13,22H,14-16H2,1-2H3. The molecule has 0 saturated carbocycles. The number of ether oxygens (including phenoxy) is 2. The highest BCUT2D eigenvalue weighted by atomic mass is 35.5. The average molecular weight is 494 g/mol. The molecule has 35 heavy (non-hydrogen) atoms. The topological polar surface area (TPSA) is 86.0 Å². The molecule has 0 bridgehead atoms. The quantitative estimate of drug-likeness (QED) is 0.418. The largest absolute Gasteiger partial charge is 0.463 e. The van der Waals surface area contributed by atoms with Crippen molar-refractivity contribution in [1.29, 1.82) is 0 Å². The van der Waals surface area contributed by atoms with Gasteiger partial charge in [-0.15, -0.1) is 0 Å². The molecule has 0 radical (unpaired) electrons. The zero-order valence-electron chi connectivity index (χ0n) is 19.3. The van der Waals surface area contributed by atoms with Gasteiger partial charge in [0.2, 0.25) is 11.7 Å². The number of carbonyl (C=O) groups excluding carboxylic acids is 3. The molecule has 1 atom stereocenters. The number of hydrogen-bond donors (Lipinski definition) is 0. The fourth-order valence-corrected chi connectivity index (χ4v) is 4.20. The molecule has 0 fully saturated rings. The molecular formula is C27H24ClNO6. The second-order valence-corrected chi connectivity index (χ2v) is 8.54. The van der Waals surface area contributed by atoms with Crippen molar-refractivity contribution in [1.82, 2.24) is 4.90 Å². The van der Waals surface area contributed by atoms with Crippen LogP contribution in [0.1, 0.15) is 46.7 Å². The first-order chi connectivity index (χ1) is 16.9. The van der Waals surface area contributed by atoms with Crippen molar-refractivity contribution >= 4 is 29.4 Å². The lowest BCUT2D eigenvalue weighted by atomic mass is 9.83. The molecule has 4 rings (SSSR count). The zero-order valence-corrected chi connectivity index (χ0v) is 20.1. The van der Waals surface area contributed by atoms with Crippen molar-refractivity contribution in [3.8, 4) is 0 Å². The minimum atomic E-state index is -0.610. The molecule has 2 heterocycles. The van der Waals surface area contributed by atoms with Gasteiger partial charge in [-0.25, -0.2) is 9.59 Å². The van der Waals surface area contributed by atoms with Crippen LogP contribution >= 0.6 is 11.6 Å². The maximum Gasteiger partial charge on any atom is 0.373 e. The van der Waals surface area contributed by atoms with Crippen molar-refractivity contribution in [2.45, 2.75) is 32.4 Å². The van der Waals surface area contributed by atoms with Crippen molar-refractivity contribution in [2.24, 2.45) is 0 Å². The maximum atomic E-state index is 13.3. The number of allylic oxidation sites excluding steroid dienone is 1. The predicted molar refractivity (Wildman–Crippen MR) is 128 cm³/mol. The van der Waals surface area contributed by atoms with E-state index in [1.54, 1.807) is 25.1 Å². The number of rotatable bonds is 7. The summed E-state index contributed by atoms with van der Waals surface area (Å²) in [7, 11) is 1.26. The summed E-state index contributed by atoms with van der Waals surface area (Å²) in [5.74, 6) is -1.35. The molecule has 7 nitrogen and oxygen atoms in total. The van der Waals surface area contributed by atoms with Gasteiger partial charge >= 0.3 is 11.9 Å². The van der Waals surface area contributed by atoms with Crippen LogP contribution in [-0.2, 0) is 32.2 Å². The van der Waals surface area contributed by atoms with Gasteiger partial charge < -0.3 is 18.8 Å². The molecule has 1 aliphatic rings. The van der Waals surface area contributed by atoms with E-state index in [0.717, 1.165) is 11.1 Å². The second-order valence-electron chi connectivity index (χ2n) is 8.11. The van der Waals surface area contributed by atoms with Crippen LogP contribution in [0.5, 0.6) is 0 Å². The van der Waals surface area contributed by atoms with E-state index < -0.39 is 17.9 Å². The monoisotopic (exact) mass is 493 g/mol. The number of furan rings is 1. The molecule has 0 spiro atoms. The summed E-state index contributed by atoms with van der Waals surface area (Å²) in [6.45, 7) is 1.88. The number of esters is 2. The van der Waals surface area contributed by atoms with Gasteiger partial charge in [0.05, 0.1) is 19.2 Å². The first kappa shape index (κ1) is 24.3. The van der Waals surface area contributed by atoms with Crippen LogP contribution in [0.4, 0.5) is 0 Å². The number of nitrogens with zero attached hydrogens (tertiary/aromatic N) is 1. The molecule has 8 heteroatoms. The van der Waals surface area contributed by atoms with E-state index in [4.69, 9.17) is 20.8 Å². The third-order valence-corrected chi connectivity index (χ3v) is 6.14. The first-order valence-electron chi connectivity index (χ1n) is 11.0. The van der Waals surface area contributed by atoms with Crippen LogP contribution in [0.25, 0.3) is 0 Å². The molecule has 0 N–H and O–H groups in total. The van der Waals surface area contributed by atoms with Crippen LogP contribution < -0.4 is 0 Å². The summed E-state index contributed by atoms with van der Waals surface area (Å²) in [5, 5.41) is 0.561. The molecule has 0 aliphatic carbocycles. The Morgan fingerprint density at radius 3 is 2.43 bits per heavy atom. The Kier molecular flexibility index (Phi) is 7.36. The Morgan fingerprint density at radius 1 is 1.03 bits per heavy atom. The van der Waals surface area contributed by atoms with Gasteiger partial charge in [0.15, 0.2) is 0 Å². The molecular weight excluding hydrogens is 470 g/mol. The molecule has 0 saturated heterocycles. The minimum Gasteiger partial charge on any atom is -0.463 e. The van der Waals surface area contributed by atoms with Gasteiger partial charge in [-0.3, -0.25) is 4.79 Å². The predicted octanol–water partition coefficient (Wildman–Crippen LogP) is 5.25. The van der Waals surface area contributed by atoms with Crippen LogP contribution in [-0.4, -0.2) is 29.9 Å². The number of amides is 1. The Morgan fingerprint density at radius 2 is 1.74 bits per heavy atom. The molecule has 3 aromatic rings. The minimum absolute atomic E-state index is 0.0372. The fourth-order valence-electron chi connectivity index (χ4n) is 4.08. The second kappa shape index (κ2) is 10.6. The summed E-state index contributed by atoms with van der Waals surface area (Å²) in [6, 6.07) is 19.5. The van der Waals surface area contributed by atoms with E-state index in [9.17, 15) is 14.4 Å². The van der Waals surface area contributed by atoms with E-state index >= 15 is 0 Å². The lowest BCUT2D eigenvalue weighted by Crippen LogP contribution is -2.38. The molecule has 1 aromatic heterocycles. The number of halogens is 1. The van der Waals surface area contributed by atoms with Crippen LogP contribution in [0, 0.1) is 0 Å². The fraction of sp³-hybridized carbons (Fsp3) is 0.222. The highest BCUT2D eigenvalue weighted by Crippen LogP contribution is 2.38. The summed E-state index contributed by atoms with van der Waals surface area (Å²) >= 11 is 6.05. The Labute approximate surface area is 207 Å². The summed E-state index contributed by atoms with van der Waals surface area (Å²) in [6.07, 6.45) is 0.0688. The van der Waals surface area contributed by atoms with E-state index in [1.807, 2.05) is 42.5 Å². The average Bonchev–Trinajstić information content (AvgIpc) is 3.34. The molecule has 180 valence electrons. The molecule has 2 aromatic carbocycles. The van der Waals surface area contributed by atoms with Crippen LogP contribution in [0.2, 0.25) is 5.02 Å². The van der Waals surface area contributed by atoms with Crippen LogP contribution in [0.3, 0.4) is 0 Å². The van der Waals surface area contributed by atoms with E-state index in [2.05, 4.69) is 4.74 Å². The van der Waals surface area contributed by atoms with Gasteiger partial charge in [0, 0.05) is 23.1 Å².